The highest BCUT2D eigenvalue weighted by molar-refractivity contribution is 5.77. The zero-order chi connectivity index (χ0) is 15.1. The van der Waals surface area contributed by atoms with Gasteiger partial charge in [-0.05, 0) is 43.3 Å². The van der Waals surface area contributed by atoms with Gasteiger partial charge in [-0.3, -0.25) is 4.79 Å². The Balaban J connectivity index is 1.80. The van der Waals surface area contributed by atoms with Gasteiger partial charge in [-0.2, -0.15) is 0 Å². The van der Waals surface area contributed by atoms with Gasteiger partial charge in [-0.15, -0.1) is 0 Å². The second-order valence-corrected chi connectivity index (χ2v) is 4.52. The summed E-state index contributed by atoms with van der Waals surface area (Å²) in [6, 6.07) is 10.8. The van der Waals surface area contributed by atoms with Crippen molar-refractivity contribution in [3.8, 4) is 11.5 Å². The van der Waals surface area contributed by atoms with Crippen LogP contribution in [0.4, 0.5) is 0 Å². The van der Waals surface area contributed by atoms with Crippen molar-refractivity contribution < 1.29 is 18.7 Å². The van der Waals surface area contributed by atoms with Crippen LogP contribution >= 0.6 is 0 Å². The summed E-state index contributed by atoms with van der Waals surface area (Å²) < 4.78 is 16.0. The van der Waals surface area contributed by atoms with E-state index in [1.54, 1.807) is 36.4 Å². The molecule has 1 aromatic carbocycles. The summed E-state index contributed by atoms with van der Waals surface area (Å²) in [5.41, 5.74) is 0. The largest absolute Gasteiger partial charge is 0.494 e. The molecule has 0 fully saturated rings. The molecular formula is C16H19NO4. The molecule has 0 saturated carbocycles. The summed E-state index contributed by atoms with van der Waals surface area (Å²) in [6.45, 7) is 2.97. The Morgan fingerprint density at radius 3 is 2.38 bits per heavy atom. The maximum absolute atomic E-state index is 11.9. The van der Waals surface area contributed by atoms with Crippen LogP contribution < -0.4 is 9.47 Å². The Morgan fingerprint density at radius 1 is 1.14 bits per heavy atom. The molecule has 2 aromatic rings. The number of carbonyl (C=O) groups is 1. The predicted molar refractivity (Wildman–Crippen MR) is 78.3 cm³/mol. The van der Waals surface area contributed by atoms with Crippen LogP contribution in [0.5, 0.6) is 11.5 Å². The molecule has 1 heterocycles. The molecule has 0 radical (unpaired) electrons. The third kappa shape index (κ3) is 4.56. The van der Waals surface area contributed by atoms with Crippen molar-refractivity contribution >= 4 is 5.91 Å². The number of hydrogen-bond donors (Lipinski definition) is 0. The van der Waals surface area contributed by atoms with Gasteiger partial charge < -0.3 is 18.8 Å². The topological polar surface area (TPSA) is 51.9 Å². The van der Waals surface area contributed by atoms with Gasteiger partial charge in [0.1, 0.15) is 17.3 Å². The second-order valence-electron chi connectivity index (χ2n) is 4.52. The molecule has 1 amide bonds. The Bertz CT molecular complexity index is 548. The quantitative estimate of drug-likeness (QED) is 0.786. The summed E-state index contributed by atoms with van der Waals surface area (Å²) in [4.78, 5) is 13.5. The Morgan fingerprint density at radius 2 is 1.81 bits per heavy atom. The summed E-state index contributed by atoms with van der Waals surface area (Å²) in [6.07, 6.45) is 1.59. The number of ether oxygens (including phenoxy) is 2. The highest BCUT2D eigenvalue weighted by atomic mass is 16.5. The van der Waals surface area contributed by atoms with E-state index < -0.39 is 0 Å². The van der Waals surface area contributed by atoms with E-state index in [4.69, 9.17) is 13.9 Å². The molecule has 21 heavy (non-hydrogen) atoms. The molecule has 0 saturated heterocycles. The molecule has 0 spiro atoms. The van der Waals surface area contributed by atoms with Gasteiger partial charge in [0.15, 0.2) is 6.61 Å². The van der Waals surface area contributed by atoms with Crippen molar-refractivity contribution in [1.29, 1.82) is 0 Å². The van der Waals surface area contributed by atoms with Crippen LogP contribution in [0.15, 0.2) is 47.1 Å². The lowest BCUT2D eigenvalue weighted by atomic mass is 10.3. The number of carbonyl (C=O) groups excluding carboxylic acids is 1. The smallest absolute Gasteiger partial charge is 0.260 e. The standard InChI is InChI=1S/C16H19NO4/c1-3-19-13-6-8-14(9-7-13)21-12-16(18)17(2)11-15-5-4-10-20-15/h4-10H,3,11-12H2,1-2H3. The molecule has 112 valence electrons. The third-order valence-electron chi connectivity index (χ3n) is 2.90. The fraction of sp³-hybridized carbons (Fsp3) is 0.312. The fourth-order valence-corrected chi connectivity index (χ4v) is 1.78. The Hall–Kier alpha value is -2.43. The van der Waals surface area contributed by atoms with E-state index >= 15 is 0 Å². The fourth-order valence-electron chi connectivity index (χ4n) is 1.78. The normalized spacial score (nSPS) is 10.2. The molecule has 2 rings (SSSR count). The van der Waals surface area contributed by atoms with E-state index in [9.17, 15) is 4.79 Å². The number of benzene rings is 1. The molecule has 5 nitrogen and oxygen atoms in total. The number of nitrogens with zero attached hydrogens (tertiary/aromatic N) is 1. The van der Waals surface area contributed by atoms with Gasteiger partial charge >= 0.3 is 0 Å². The molecule has 0 aliphatic carbocycles. The average molecular weight is 289 g/mol. The Labute approximate surface area is 124 Å². The van der Waals surface area contributed by atoms with Crippen molar-refractivity contribution in [2.24, 2.45) is 0 Å². The van der Waals surface area contributed by atoms with Gasteiger partial charge in [0.2, 0.25) is 0 Å². The Kier molecular flexibility index (Phi) is 5.26. The number of furan rings is 1. The van der Waals surface area contributed by atoms with E-state index in [1.807, 2.05) is 25.1 Å². The number of amides is 1. The summed E-state index contributed by atoms with van der Waals surface area (Å²) in [5, 5.41) is 0. The SMILES string of the molecule is CCOc1ccc(OCC(=O)N(C)Cc2ccco2)cc1. The first-order chi connectivity index (χ1) is 10.2. The molecule has 5 heteroatoms. The highest BCUT2D eigenvalue weighted by Crippen LogP contribution is 2.17. The van der Waals surface area contributed by atoms with Gasteiger partial charge in [-0.1, -0.05) is 0 Å². The van der Waals surface area contributed by atoms with Crippen LogP contribution in [0.25, 0.3) is 0 Å². The maximum Gasteiger partial charge on any atom is 0.260 e. The minimum Gasteiger partial charge on any atom is -0.494 e. The molecule has 1 aromatic heterocycles. The lowest BCUT2D eigenvalue weighted by Crippen LogP contribution is -2.30. The lowest BCUT2D eigenvalue weighted by Gasteiger charge is -2.16. The van der Waals surface area contributed by atoms with E-state index in [0.29, 0.717) is 18.9 Å². The van der Waals surface area contributed by atoms with Crippen molar-refractivity contribution in [2.75, 3.05) is 20.3 Å². The van der Waals surface area contributed by atoms with E-state index in [0.717, 1.165) is 11.5 Å². The average Bonchev–Trinajstić information content (AvgIpc) is 2.99. The number of rotatable bonds is 7. The number of likely N-dealkylation sites (N-methyl/N-ethyl adjacent to an activating group) is 1. The van der Waals surface area contributed by atoms with Crippen molar-refractivity contribution in [3.63, 3.8) is 0 Å². The molecule has 0 aliphatic rings. The summed E-state index contributed by atoms with van der Waals surface area (Å²) >= 11 is 0. The number of hydrogen-bond acceptors (Lipinski definition) is 4. The molecule has 0 bridgehead atoms. The van der Waals surface area contributed by atoms with Crippen LogP contribution in [0.3, 0.4) is 0 Å². The first-order valence-corrected chi connectivity index (χ1v) is 6.81. The monoisotopic (exact) mass is 289 g/mol. The molecule has 0 unspecified atom stereocenters. The summed E-state index contributed by atoms with van der Waals surface area (Å²) in [7, 11) is 1.71. The zero-order valence-corrected chi connectivity index (χ0v) is 12.2. The minimum absolute atomic E-state index is 0.00874. The van der Waals surface area contributed by atoms with Crippen molar-refractivity contribution in [1.82, 2.24) is 4.90 Å². The highest BCUT2D eigenvalue weighted by Gasteiger charge is 2.11. The van der Waals surface area contributed by atoms with E-state index in [2.05, 4.69) is 0 Å². The first kappa shape index (κ1) is 15.0. The molecule has 0 N–H and O–H groups in total. The van der Waals surface area contributed by atoms with E-state index in [1.165, 1.54) is 0 Å². The molecule has 0 atom stereocenters. The van der Waals surface area contributed by atoms with Crippen molar-refractivity contribution in [3.05, 3.63) is 48.4 Å². The molecular weight excluding hydrogens is 270 g/mol. The molecule has 0 aliphatic heterocycles. The third-order valence-corrected chi connectivity index (χ3v) is 2.90. The van der Waals surface area contributed by atoms with Gasteiger partial charge in [-0.25, -0.2) is 0 Å². The minimum atomic E-state index is -0.111. The summed E-state index contributed by atoms with van der Waals surface area (Å²) in [5.74, 6) is 2.05. The first-order valence-electron chi connectivity index (χ1n) is 6.81. The van der Waals surface area contributed by atoms with Crippen LogP contribution in [0.1, 0.15) is 12.7 Å². The zero-order valence-electron chi connectivity index (χ0n) is 12.2. The van der Waals surface area contributed by atoms with Crippen LogP contribution in [-0.2, 0) is 11.3 Å². The maximum atomic E-state index is 11.9. The van der Waals surface area contributed by atoms with E-state index in [-0.39, 0.29) is 12.5 Å². The van der Waals surface area contributed by atoms with Crippen molar-refractivity contribution in [2.45, 2.75) is 13.5 Å². The van der Waals surface area contributed by atoms with Crippen LogP contribution in [0.2, 0.25) is 0 Å². The van der Waals surface area contributed by atoms with Gasteiger partial charge in [0, 0.05) is 7.05 Å². The van der Waals surface area contributed by atoms with Gasteiger partial charge in [0.05, 0.1) is 19.4 Å². The van der Waals surface area contributed by atoms with Crippen LogP contribution in [-0.4, -0.2) is 31.1 Å². The lowest BCUT2D eigenvalue weighted by molar-refractivity contribution is -0.132. The van der Waals surface area contributed by atoms with Gasteiger partial charge in [0.25, 0.3) is 5.91 Å². The van der Waals surface area contributed by atoms with Crippen LogP contribution in [0, 0.1) is 0 Å². The predicted octanol–water partition coefficient (Wildman–Crippen LogP) is 2.72. The second kappa shape index (κ2) is 7.38.